The van der Waals surface area contributed by atoms with Gasteiger partial charge in [0.2, 0.25) is 0 Å². The van der Waals surface area contributed by atoms with Crippen molar-refractivity contribution in [2.24, 2.45) is 0 Å². The number of ether oxygens (including phenoxy) is 7. The highest BCUT2D eigenvalue weighted by atomic mass is 35.5. The molecule has 1 fully saturated rings. The lowest BCUT2D eigenvalue weighted by Crippen LogP contribution is -2.39. The molecular weight excluding hydrogens is 280 g/mol. The number of methoxy groups -OCH3 is 3. The van der Waals surface area contributed by atoms with Crippen LogP contribution in [-0.4, -0.2) is 72.2 Å². The van der Waals surface area contributed by atoms with E-state index in [0.717, 1.165) is 0 Å². The fraction of sp³-hybridized carbons (Fsp3) is 1.00. The average Bonchev–Trinajstić information content (AvgIpc) is 2.70. The first-order chi connectivity index (χ1) is 9.24. The lowest BCUT2D eigenvalue weighted by Gasteiger charge is -2.22. The topological polar surface area (TPSA) is 64.6 Å². The van der Waals surface area contributed by atoms with E-state index in [9.17, 15) is 0 Å². The Morgan fingerprint density at radius 1 is 0.895 bits per heavy atom. The molecule has 8 heteroatoms. The van der Waals surface area contributed by atoms with Crippen LogP contribution in [-0.2, 0) is 33.2 Å². The Bertz CT molecular complexity index is 231. The third kappa shape index (κ3) is 5.49. The molecular formula is C11H21ClO7. The monoisotopic (exact) mass is 300 g/mol. The highest BCUT2D eigenvalue weighted by Gasteiger charge is 2.45. The van der Waals surface area contributed by atoms with Gasteiger partial charge in [-0.3, -0.25) is 0 Å². The second-order valence-corrected chi connectivity index (χ2v) is 4.31. The Labute approximate surface area is 117 Å². The van der Waals surface area contributed by atoms with E-state index >= 15 is 0 Å². The summed E-state index contributed by atoms with van der Waals surface area (Å²) in [6.07, 6.45) is -1.20. The van der Waals surface area contributed by atoms with E-state index in [0.29, 0.717) is 0 Å². The summed E-state index contributed by atoms with van der Waals surface area (Å²) in [4.78, 5) is 0. The summed E-state index contributed by atoms with van der Waals surface area (Å²) < 4.78 is 36.4. The van der Waals surface area contributed by atoms with Crippen LogP contribution in [0, 0.1) is 0 Å². The van der Waals surface area contributed by atoms with Crippen molar-refractivity contribution in [3.8, 4) is 0 Å². The summed E-state index contributed by atoms with van der Waals surface area (Å²) in [5.41, 5.74) is -0.631. The third-order valence-corrected chi connectivity index (χ3v) is 2.84. The molecule has 0 N–H and O–H groups in total. The van der Waals surface area contributed by atoms with Crippen LogP contribution in [0.4, 0.5) is 0 Å². The predicted octanol–water partition coefficient (Wildman–Crippen LogP) is 0.549. The molecule has 0 aliphatic carbocycles. The molecule has 0 aromatic heterocycles. The highest BCUT2D eigenvalue weighted by molar-refractivity contribution is 6.20. The second kappa shape index (κ2) is 9.84. The van der Waals surface area contributed by atoms with Gasteiger partial charge in [0, 0.05) is 21.3 Å². The van der Waals surface area contributed by atoms with E-state index in [1.165, 1.54) is 14.2 Å². The third-order valence-electron chi connectivity index (χ3n) is 2.49. The molecule has 0 spiro atoms. The fourth-order valence-electron chi connectivity index (χ4n) is 1.73. The second-order valence-electron chi connectivity index (χ2n) is 3.88. The lowest BCUT2D eigenvalue weighted by atomic mass is 10.1. The van der Waals surface area contributed by atoms with Crippen molar-refractivity contribution in [1.29, 1.82) is 0 Å². The van der Waals surface area contributed by atoms with Crippen molar-refractivity contribution in [1.82, 2.24) is 0 Å². The largest absolute Gasteiger partial charge is 0.359 e. The first kappa shape index (κ1) is 17.1. The summed E-state index contributed by atoms with van der Waals surface area (Å²) in [6.45, 7) is 0.687. The zero-order valence-electron chi connectivity index (χ0n) is 11.4. The molecule has 2 unspecified atom stereocenters. The molecule has 0 saturated carbocycles. The number of hydrogen-bond acceptors (Lipinski definition) is 7. The number of rotatable bonds is 10. The quantitative estimate of drug-likeness (QED) is 0.331. The maximum Gasteiger partial charge on any atom is 0.160 e. The van der Waals surface area contributed by atoms with E-state index in [4.69, 9.17) is 44.8 Å². The van der Waals surface area contributed by atoms with Gasteiger partial charge in [-0.05, 0) is 0 Å². The Balaban J connectivity index is 2.52. The van der Waals surface area contributed by atoms with Crippen LogP contribution in [0.1, 0.15) is 0 Å². The van der Waals surface area contributed by atoms with Gasteiger partial charge >= 0.3 is 0 Å². The normalized spacial score (nSPS) is 30.9. The Kier molecular flexibility index (Phi) is 8.84. The van der Waals surface area contributed by atoms with Crippen LogP contribution in [0.3, 0.4) is 0 Å². The molecule has 4 atom stereocenters. The van der Waals surface area contributed by atoms with Gasteiger partial charge in [0.1, 0.15) is 38.7 Å². The minimum Gasteiger partial charge on any atom is -0.359 e. The summed E-state index contributed by atoms with van der Waals surface area (Å²) in [6, 6.07) is 0. The van der Waals surface area contributed by atoms with Gasteiger partial charge in [0.15, 0.2) is 5.56 Å². The Morgan fingerprint density at radius 3 is 2.05 bits per heavy atom. The van der Waals surface area contributed by atoms with Crippen molar-refractivity contribution >= 4 is 11.6 Å². The Hall–Kier alpha value is 0.01000. The van der Waals surface area contributed by atoms with Crippen molar-refractivity contribution in [3.63, 3.8) is 0 Å². The van der Waals surface area contributed by atoms with Crippen LogP contribution in [0.15, 0.2) is 0 Å². The van der Waals surface area contributed by atoms with E-state index < -0.39 is 17.8 Å². The summed E-state index contributed by atoms with van der Waals surface area (Å²) in [5, 5.41) is 0. The fourth-order valence-corrected chi connectivity index (χ4v) is 2.08. The van der Waals surface area contributed by atoms with Gasteiger partial charge in [0.05, 0.1) is 6.61 Å². The van der Waals surface area contributed by atoms with Crippen LogP contribution < -0.4 is 0 Å². The molecule has 1 heterocycles. The van der Waals surface area contributed by atoms with E-state index in [1.807, 2.05) is 0 Å². The van der Waals surface area contributed by atoms with Crippen molar-refractivity contribution in [3.05, 3.63) is 0 Å². The van der Waals surface area contributed by atoms with Gasteiger partial charge in [-0.25, -0.2) is 0 Å². The first-order valence-electron chi connectivity index (χ1n) is 5.81. The molecule has 7 nitrogen and oxygen atoms in total. The standard InChI is InChI=1S/C11H21ClO7/c1-13-5-16-4-8-9(17-6-14-2)10(11(12)19-8)18-7-15-3/h8-11H,4-7H2,1-3H3/t8-,9?,10?,11-/m1/s1. The van der Waals surface area contributed by atoms with Crippen LogP contribution in [0.2, 0.25) is 0 Å². The predicted molar refractivity (Wildman–Crippen MR) is 65.8 cm³/mol. The maximum atomic E-state index is 6.08. The summed E-state index contributed by atoms with van der Waals surface area (Å²) >= 11 is 6.08. The molecule has 0 aromatic carbocycles. The van der Waals surface area contributed by atoms with E-state index in [2.05, 4.69) is 0 Å². The maximum absolute atomic E-state index is 6.08. The van der Waals surface area contributed by atoms with E-state index in [-0.39, 0.29) is 33.1 Å². The van der Waals surface area contributed by atoms with Gasteiger partial charge in [-0.2, -0.15) is 0 Å². The minimum atomic E-state index is -0.631. The molecule has 0 amide bonds. The van der Waals surface area contributed by atoms with Gasteiger partial charge in [-0.1, -0.05) is 11.6 Å². The molecule has 1 aliphatic rings. The molecule has 1 aliphatic heterocycles. The number of hydrogen-bond donors (Lipinski definition) is 0. The zero-order valence-corrected chi connectivity index (χ0v) is 12.1. The molecule has 1 saturated heterocycles. The Morgan fingerprint density at radius 2 is 1.47 bits per heavy atom. The molecule has 0 aromatic rings. The SMILES string of the molecule is COCOC[C@H]1O[C@@H](Cl)C(OCOC)C1OCOC. The summed E-state index contributed by atoms with van der Waals surface area (Å²) in [7, 11) is 4.61. The highest BCUT2D eigenvalue weighted by Crippen LogP contribution is 2.29. The molecule has 1 rings (SSSR count). The van der Waals surface area contributed by atoms with Crippen molar-refractivity contribution in [2.45, 2.75) is 23.9 Å². The molecule has 19 heavy (non-hydrogen) atoms. The minimum absolute atomic E-state index is 0.107. The first-order valence-corrected chi connectivity index (χ1v) is 6.25. The van der Waals surface area contributed by atoms with E-state index in [1.54, 1.807) is 7.11 Å². The lowest BCUT2D eigenvalue weighted by molar-refractivity contribution is -0.157. The molecule has 0 radical (unpaired) electrons. The van der Waals surface area contributed by atoms with Crippen LogP contribution in [0.25, 0.3) is 0 Å². The van der Waals surface area contributed by atoms with Gasteiger partial charge in [0.25, 0.3) is 0 Å². The smallest absolute Gasteiger partial charge is 0.160 e. The zero-order chi connectivity index (χ0) is 14.1. The van der Waals surface area contributed by atoms with Crippen molar-refractivity contribution < 1.29 is 33.2 Å². The average molecular weight is 301 g/mol. The number of halogens is 1. The molecule has 114 valence electrons. The van der Waals surface area contributed by atoms with Crippen LogP contribution in [0.5, 0.6) is 0 Å². The van der Waals surface area contributed by atoms with Gasteiger partial charge < -0.3 is 33.2 Å². The summed E-state index contributed by atoms with van der Waals surface area (Å²) in [5.74, 6) is 0. The van der Waals surface area contributed by atoms with Crippen LogP contribution >= 0.6 is 11.6 Å². The number of alkyl halides is 1. The molecule has 0 bridgehead atoms. The van der Waals surface area contributed by atoms with Crippen molar-refractivity contribution in [2.75, 3.05) is 48.3 Å². The van der Waals surface area contributed by atoms with Gasteiger partial charge in [-0.15, -0.1) is 0 Å².